The standard InChI is InChI=1S/C19H15N3O2S/c1-13-11-22-12-17(21-19(22)25-13)18(23)20-14-7-9-16(10-8-14)24-15-5-3-2-4-6-15/h2-12H,1H3,(H,20,23). The number of benzene rings is 2. The third-order valence-electron chi connectivity index (χ3n) is 3.60. The summed E-state index contributed by atoms with van der Waals surface area (Å²) in [6.45, 7) is 2.01. The fraction of sp³-hybridized carbons (Fsp3) is 0.0526. The summed E-state index contributed by atoms with van der Waals surface area (Å²) in [5.74, 6) is 1.25. The minimum absolute atomic E-state index is 0.231. The van der Waals surface area contributed by atoms with E-state index >= 15 is 0 Å². The van der Waals surface area contributed by atoms with Crippen molar-refractivity contribution in [1.29, 1.82) is 0 Å². The Morgan fingerprint density at radius 2 is 1.76 bits per heavy atom. The third-order valence-corrected chi connectivity index (χ3v) is 4.51. The molecule has 0 aliphatic heterocycles. The Hall–Kier alpha value is -3.12. The predicted molar refractivity (Wildman–Crippen MR) is 98.7 cm³/mol. The van der Waals surface area contributed by atoms with Crippen LogP contribution in [0.3, 0.4) is 0 Å². The molecule has 0 atom stereocenters. The second-order valence-corrected chi connectivity index (χ2v) is 6.76. The van der Waals surface area contributed by atoms with Gasteiger partial charge in [0.15, 0.2) is 4.96 Å². The molecular formula is C19H15N3O2S. The number of ether oxygens (including phenoxy) is 1. The van der Waals surface area contributed by atoms with Gasteiger partial charge in [-0.25, -0.2) is 4.98 Å². The maximum atomic E-state index is 12.3. The van der Waals surface area contributed by atoms with Gasteiger partial charge in [-0.05, 0) is 43.3 Å². The molecular weight excluding hydrogens is 334 g/mol. The highest BCUT2D eigenvalue weighted by Crippen LogP contribution is 2.23. The van der Waals surface area contributed by atoms with Crippen LogP contribution in [0.2, 0.25) is 0 Å². The molecule has 0 fully saturated rings. The average Bonchev–Trinajstić information content (AvgIpc) is 3.15. The SMILES string of the molecule is Cc1cn2cc(C(=O)Nc3ccc(Oc4ccccc4)cc3)nc2s1. The molecule has 5 nitrogen and oxygen atoms in total. The Balaban J connectivity index is 1.45. The van der Waals surface area contributed by atoms with Gasteiger partial charge in [0, 0.05) is 23.0 Å². The van der Waals surface area contributed by atoms with E-state index in [4.69, 9.17) is 4.74 Å². The molecule has 1 N–H and O–H groups in total. The zero-order chi connectivity index (χ0) is 17.2. The molecule has 0 aliphatic rings. The molecule has 0 aliphatic carbocycles. The van der Waals surface area contributed by atoms with Crippen LogP contribution in [0.15, 0.2) is 67.0 Å². The lowest BCUT2D eigenvalue weighted by Gasteiger charge is -2.07. The topological polar surface area (TPSA) is 55.6 Å². The molecule has 4 aromatic rings. The maximum absolute atomic E-state index is 12.3. The second-order valence-electron chi connectivity index (χ2n) is 5.55. The van der Waals surface area contributed by atoms with Crippen LogP contribution >= 0.6 is 11.3 Å². The lowest BCUT2D eigenvalue weighted by Crippen LogP contribution is -2.12. The van der Waals surface area contributed by atoms with Gasteiger partial charge in [0.25, 0.3) is 5.91 Å². The van der Waals surface area contributed by atoms with E-state index in [-0.39, 0.29) is 5.91 Å². The minimum atomic E-state index is -0.231. The minimum Gasteiger partial charge on any atom is -0.457 e. The molecule has 0 saturated heterocycles. The molecule has 2 aromatic heterocycles. The predicted octanol–water partition coefficient (Wildman–Crippen LogP) is 4.75. The zero-order valence-electron chi connectivity index (χ0n) is 13.5. The first kappa shape index (κ1) is 15.4. The van der Waals surface area contributed by atoms with Crippen molar-refractivity contribution in [2.45, 2.75) is 6.92 Å². The zero-order valence-corrected chi connectivity index (χ0v) is 14.3. The molecule has 2 heterocycles. The van der Waals surface area contributed by atoms with Gasteiger partial charge in [0.05, 0.1) is 0 Å². The van der Waals surface area contributed by atoms with Crippen molar-refractivity contribution >= 4 is 27.9 Å². The van der Waals surface area contributed by atoms with Crippen molar-refractivity contribution in [1.82, 2.24) is 9.38 Å². The number of fused-ring (bicyclic) bond motifs is 1. The van der Waals surface area contributed by atoms with E-state index in [1.165, 1.54) is 0 Å². The van der Waals surface area contributed by atoms with Crippen LogP contribution in [0.5, 0.6) is 11.5 Å². The number of carbonyl (C=O) groups excluding carboxylic acids is 1. The van der Waals surface area contributed by atoms with Crippen molar-refractivity contribution in [3.05, 3.63) is 77.6 Å². The molecule has 0 unspecified atom stereocenters. The first-order chi connectivity index (χ1) is 12.2. The lowest BCUT2D eigenvalue weighted by molar-refractivity contribution is 0.102. The summed E-state index contributed by atoms with van der Waals surface area (Å²) < 4.78 is 7.60. The van der Waals surface area contributed by atoms with Gasteiger partial charge in [-0.3, -0.25) is 9.20 Å². The quantitative estimate of drug-likeness (QED) is 0.578. The van der Waals surface area contributed by atoms with E-state index in [1.807, 2.05) is 60.0 Å². The number of nitrogens with one attached hydrogen (secondary N) is 1. The number of aryl methyl sites for hydroxylation is 1. The van der Waals surface area contributed by atoms with Crippen LogP contribution < -0.4 is 10.1 Å². The largest absolute Gasteiger partial charge is 0.457 e. The van der Waals surface area contributed by atoms with E-state index in [1.54, 1.807) is 29.7 Å². The molecule has 6 heteroatoms. The van der Waals surface area contributed by atoms with Gasteiger partial charge in [0.1, 0.15) is 17.2 Å². The molecule has 1 amide bonds. The summed E-state index contributed by atoms with van der Waals surface area (Å²) in [4.78, 5) is 18.6. The summed E-state index contributed by atoms with van der Waals surface area (Å²) in [5.41, 5.74) is 1.09. The number of imidazole rings is 1. The first-order valence-corrected chi connectivity index (χ1v) is 8.58. The van der Waals surface area contributed by atoms with E-state index in [0.29, 0.717) is 17.1 Å². The Bertz CT molecular complexity index is 988. The molecule has 25 heavy (non-hydrogen) atoms. The molecule has 2 aromatic carbocycles. The number of aromatic nitrogens is 2. The van der Waals surface area contributed by atoms with Crippen molar-refractivity contribution in [3.8, 4) is 11.5 Å². The van der Waals surface area contributed by atoms with Gasteiger partial charge in [-0.1, -0.05) is 18.2 Å². The number of carbonyl (C=O) groups is 1. The van der Waals surface area contributed by atoms with Crippen LogP contribution in [0.25, 0.3) is 4.96 Å². The number of hydrogen-bond donors (Lipinski definition) is 1. The van der Waals surface area contributed by atoms with Crippen LogP contribution in [-0.4, -0.2) is 15.3 Å². The van der Waals surface area contributed by atoms with Crippen LogP contribution in [-0.2, 0) is 0 Å². The normalized spacial score (nSPS) is 10.8. The highest BCUT2D eigenvalue weighted by molar-refractivity contribution is 7.17. The van der Waals surface area contributed by atoms with Crippen LogP contribution in [0.4, 0.5) is 5.69 Å². The van der Waals surface area contributed by atoms with Crippen molar-refractivity contribution in [3.63, 3.8) is 0 Å². The summed E-state index contributed by atoms with van der Waals surface area (Å²) in [5, 5.41) is 2.85. The van der Waals surface area contributed by atoms with Gasteiger partial charge < -0.3 is 10.1 Å². The summed E-state index contributed by atoms with van der Waals surface area (Å²) in [6.07, 6.45) is 3.69. The molecule has 4 rings (SSSR count). The number of amides is 1. The lowest BCUT2D eigenvalue weighted by atomic mass is 10.3. The Labute approximate surface area is 148 Å². The van der Waals surface area contributed by atoms with Crippen LogP contribution in [0, 0.1) is 6.92 Å². The molecule has 0 radical (unpaired) electrons. The number of rotatable bonds is 4. The van der Waals surface area contributed by atoms with Crippen molar-refractivity contribution in [2.24, 2.45) is 0 Å². The second kappa shape index (κ2) is 6.41. The third kappa shape index (κ3) is 3.39. The number of para-hydroxylation sites is 1. The molecule has 0 saturated carbocycles. The molecule has 0 spiro atoms. The van der Waals surface area contributed by atoms with E-state index < -0.39 is 0 Å². The number of hydrogen-bond acceptors (Lipinski definition) is 4. The fourth-order valence-electron chi connectivity index (χ4n) is 2.45. The maximum Gasteiger partial charge on any atom is 0.275 e. The summed E-state index contributed by atoms with van der Waals surface area (Å²) in [7, 11) is 0. The summed E-state index contributed by atoms with van der Waals surface area (Å²) in [6, 6.07) is 16.8. The molecule has 124 valence electrons. The Kier molecular flexibility index (Phi) is 3.95. The smallest absolute Gasteiger partial charge is 0.275 e. The van der Waals surface area contributed by atoms with Crippen LogP contribution in [0.1, 0.15) is 15.4 Å². The van der Waals surface area contributed by atoms with Gasteiger partial charge >= 0.3 is 0 Å². The van der Waals surface area contributed by atoms with Gasteiger partial charge in [-0.15, -0.1) is 11.3 Å². The van der Waals surface area contributed by atoms with E-state index in [9.17, 15) is 4.79 Å². The van der Waals surface area contributed by atoms with E-state index in [0.717, 1.165) is 15.6 Å². The van der Waals surface area contributed by atoms with Crippen molar-refractivity contribution in [2.75, 3.05) is 5.32 Å². The Morgan fingerprint density at radius 3 is 2.48 bits per heavy atom. The fourth-order valence-corrected chi connectivity index (χ4v) is 3.26. The van der Waals surface area contributed by atoms with Gasteiger partial charge in [0.2, 0.25) is 0 Å². The average molecular weight is 349 g/mol. The number of nitrogens with zero attached hydrogens (tertiary/aromatic N) is 2. The highest BCUT2D eigenvalue weighted by atomic mass is 32.1. The number of anilines is 1. The van der Waals surface area contributed by atoms with E-state index in [2.05, 4.69) is 10.3 Å². The highest BCUT2D eigenvalue weighted by Gasteiger charge is 2.12. The van der Waals surface area contributed by atoms with Gasteiger partial charge in [-0.2, -0.15) is 0 Å². The Morgan fingerprint density at radius 1 is 1.04 bits per heavy atom. The molecule has 0 bridgehead atoms. The first-order valence-electron chi connectivity index (χ1n) is 7.77. The van der Waals surface area contributed by atoms with Crippen molar-refractivity contribution < 1.29 is 9.53 Å². The monoisotopic (exact) mass is 349 g/mol. The number of thiazole rings is 1. The summed E-state index contributed by atoms with van der Waals surface area (Å²) >= 11 is 1.55.